The van der Waals surface area contributed by atoms with Crippen LogP contribution in [0.3, 0.4) is 0 Å². The number of hydrogen-bond acceptors (Lipinski definition) is 7. The van der Waals surface area contributed by atoms with Gasteiger partial charge in [0.25, 0.3) is 0 Å². The van der Waals surface area contributed by atoms with Crippen molar-refractivity contribution in [2.75, 3.05) is 12.4 Å². The molecule has 0 fully saturated rings. The highest BCUT2D eigenvalue weighted by molar-refractivity contribution is 8.00. The van der Waals surface area contributed by atoms with Gasteiger partial charge in [0, 0.05) is 21.5 Å². The predicted octanol–water partition coefficient (Wildman–Crippen LogP) is 3.59. The number of hydrazone groups is 1. The number of amides is 1. The van der Waals surface area contributed by atoms with E-state index < -0.39 is 16.4 Å². The number of carbonyl (C=O) groups excluding carboxylic acids is 1. The molecule has 0 spiro atoms. The van der Waals surface area contributed by atoms with Gasteiger partial charge in [-0.2, -0.15) is 5.10 Å². The van der Waals surface area contributed by atoms with E-state index in [1.54, 1.807) is 31.2 Å². The molecule has 0 aliphatic heterocycles. The standard InChI is InChI=1S/C17H16ClN3O5S/c1-2-26-15-8-11(7-14(17(15)23)21(24)25)9-19-20-16(22)10-27-13-5-3-12(18)4-6-13/h3-9,23H,2,10H2,1H3,(H,20,22)/b19-9-. The summed E-state index contributed by atoms with van der Waals surface area (Å²) in [6, 6.07) is 9.59. The second-order valence-electron chi connectivity index (χ2n) is 5.11. The maximum absolute atomic E-state index is 11.8. The van der Waals surface area contributed by atoms with E-state index in [-0.39, 0.29) is 24.0 Å². The smallest absolute Gasteiger partial charge is 0.315 e. The fraction of sp³-hybridized carbons (Fsp3) is 0.176. The molecule has 2 aromatic rings. The highest BCUT2D eigenvalue weighted by Gasteiger charge is 2.19. The van der Waals surface area contributed by atoms with Crippen LogP contribution in [0.15, 0.2) is 46.4 Å². The van der Waals surface area contributed by atoms with Gasteiger partial charge in [-0.1, -0.05) is 11.6 Å². The Hall–Kier alpha value is -2.78. The number of benzene rings is 2. The summed E-state index contributed by atoms with van der Waals surface area (Å²) < 4.78 is 5.18. The molecule has 0 bridgehead atoms. The average Bonchev–Trinajstić information content (AvgIpc) is 2.63. The number of hydrogen-bond donors (Lipinski definition) is 2. The zero-order valence-electron chi connectivity index (χ0n) is 14.2. The van der Waals surface area contributed by atoms with Crippen molar-refractivity contribution in [2.24, 2.45) is 5.10 Å². The van der Waals surface area contributed by atoms with Crippen molar-refractivity contribution in [3.8, 4) is 11.5 Å². The summed E-state index contributed by atoms with van der Waals surface area (Å²) in [5.74, 6) is -0.788. The number of phenolic OH excluding ortho intramolecular Hbond substituents is 1. The van der Waals surface area contributed by atoms with Crippen molar-refractivity contribution in [3.63, 3.8) is 0 Å². The van der Waals surface area contributed by atoms with Crippen LogP contribution in [-0.4, -0.2) is 34.5 Å². The molecule has 0 aromatic heterocycles. The maximum atomic E-state index is 11.8. The van der Waals surface area contributed by atoms with Crippen LogP contribution in [0.5, 0.6) is 11.5 Å². The van der Waals surface area contributed by atoms with Crippen molar-refractivity contribution in [3.05, 3.63) is 57.1 Å². The molecule has 8 nitrogen and oxygen atoms in total. The van der Waals surface area contributed by atoms with E-state index in [1.165, 1.54) is 24.0 Å². The van der Waals surface area contributed by atoms with Crippen molar-refractivity contribution in [1.82, 2.24) is 5.43 Å². The minimum absolute atomic E-state index is 0.0298. The molecule has 2 rings (SSSR count). The molecule has 10 heteroatoms. The van der Waals surface area contributed by atoms with Crippen LogP contribution in [-0.2, 0) is 4.79 Å². The Morgan fingerprint density at radius 1 is 1.41 bits per heavy atom. The lowest BCUT2D eigenvalue weighted by Crippen LogP contribution is -2.19. The van der Waals surface area contributed by atoms with Gasteiger partial charge in [0.2, 0.25) is 11.7 Å². The zero-order chi connectivity index (χ0) is 19.8. The third-order valence-corrected chi connectivity index (χ3v) is 4.42. The van der Waals surface area contributed by atoms with E-state index in [2.05, 4.69) is 10.5 Å². The van der Waals surface area contributed by atoms with Crippen LogP contribution in [0.25, 0.3) is 0 Å². The van der Waals surface area contributed by atoms with Crippen LogP contribution >= 0.6 is 23.4 Å². The predicted molar refractivity (Wildman–Crippen MR) is 104 cm³/mol. The number of nitro benzene ring substituents is 1. The first-order chi connectivity index (χ1) is 12.9. The van der Waals surface area contributed by atoms with E-state index in [9.17, 15) is 20.0 Å². The van der Waals surface area contributed by atoms with Gasteiger partial charge in [-0.05, 0) is 37.3 Å². The highest BCUT2D eigenvalue weighted by Crippen LogP contribution is 2.36. The molecule has 27 heavy (non-hydrogen) atoms. The number of nitro groups is 1. The molecule has 0 unspecified atom stereocenters. The van der Waals surface area contributed by atoms with E-state index >= 15 is 0 Å². The van der Waals surface area contributed by atoms with Crippen molar-refractivity contribution < 1.29 is 19.6 Å². The molecule has 0 aliphatic rings. The number of aromatic hydroxyl groups is 1. The summed E-state index contributed by atoms with van der Waals surface area (Å²) >= 11 is 7.11. The number of halogens is 1. The second kappa shape index (κ2) is 9.79. The number of carbonyl (C=O) groups is 1. The SMILES string of the molecule is CCOc1cc(/C=N\NC(=O)CSc2ccc(Cl)cc2)cc([N+](=O)[O-])c1O. The second-order valence-corrected chi connectivity index (χ2v) is 6.60. The Balaban J connectivity index is 1.99. The Bertz CT molecular complexity index is 858. The third-order valence-electron chi connectivity index (χ3n) is 3.16. The maximum Gasteiger partial charge on any atom is 0.315 e. The topological polar surface area (TPSA) is 114 Å². The summed E-state index contributed by atoms with van der Waals surface area (Å²) in [6.45, 7) is 1.91. The van der Waals surface area contributed by atoms with Crippen molar-refractivity contribution >= 4 is 41.2 Å². The van der Waals surface area contributed by atoms with Crippen LogP contribution in [0.4, 0.5) is 5.69 Å². The Labute approximate surface area is 164 Å². The largest absolute Gasteiger partial charge is 0.500 e. The lowest BCUT2D eigenvalue weighted by Gasteiger charge is -2.07. The minimum Gasteiger partial charge on any atom is -0.500 e. The minimum atomic E-state index is -0.726. The molecule has 142 valence electrons. The summed E-state index contributed by atoms with van der Waals surface area (Å²) in [5.41, 5.74) is 2.13. The molecule has 2 aromatic carbocycles. The zero-order valence-corrected chi connectivity index (χ0v) is 15.8. The molecule has 0 saturated heterocycles. The summed E-state index contributed by atoms with van der Waals surface area (Å²) in [4.78, 5) is 23.0. The van der Waals surface area contributed by atoms with Crippen molar-refractivity contribution in [2.45, 2.75) is 11.8 Å². The molecule has 0 atom stereocenters. The monoisotopic (exact) mass is 409 g/mol. The van der Waals surface area contributed by atoms with Gasteiger partial charge in [-0.3, -0.25) is 14.9 Å². The molecule has 0 saturated carbocycles. The van der Waals surface area contributed by atoms with E-state index in [4.69, 9.17) is 16.3 Å². The van der Waals surface area contributed by atoms with Crippen molar-refractivity contribution in [1.29, 1.82) is 0 Å². The van der Waals surface area contributed by atoms with E-state index in [0.717, 1.165) is 11.0 Å². The van der Waals surface area contributed by atoms with Gasteiger partial charge in [-0.25, -0.2) is 5.43 Å². The van der Waals surface area contributed by atoms with E-state index in [0.29, 0.717) is 10.6 Å². The summed E-state index contributed by atoms with van der Waals surface area (Å²) in [5, 5.41) is 25.2. The number of phenols is 1. The number of nitrogens with zero attached hydrogens (tertiary/aromatic N) is 2. The molecule has 0 aliphatic carbocycles. The van der Waals surface area contributed by atoms with Crippen LogP contribution in [0.2, 0.25) is 5.02 Å². The molecule has 0 radical (unpaired) electrons. The molecular formula is C17H16ClN3O5S. The number of rotatable bonds is 8. The fourth-order valence-corrected chi connectivity index (χ4v) is 2.80. The first-order valence-corrected chi connectivity index (χ1v) is 9.11. The van der Waals surface area contributed by atoms with Crippen LogP contribution in [0.1, 0.15) is 12.5 Å². The molecule has 1 amide bonds. The van der Waals surface area contributed by atoms with Crippen LogP contribution < -0.4 is 10.2 Å². The number of thioether (sulfide) groups is 1. The number of nitrogens with one attached hydrogen (secondary N) is 1. The molecule has 2 N–H and O–H groups in total. The van der Waals surface area contributed by atoms with Crippen LogP contribution in [0, 0.1) is 10.1 Å². The van der Waals surface area contributed by atoms with Gasteiger partial charge < -0.3 is 9.84 Å². The lowest BCUT2D eigenvalue weighted by atomic mass is 10.2. The first kappa shape index (κ1) is 20.5. The normalized spacial score (nSPS) is 10.7. The van der Waals surface area contributed by atoms with Gasteiger partial charge in [0.15, 0.2) is 5.75 Å². The van der Waals surface area contributed by atoms with Gasteiger partial charge >= 0.3 is 5.69 Å². The van der Waals surface area contributed by atoms with E-state index in [1.807, 2.05) is 0 Å². The summed E-state index contributed by atoms with van der Waals surface area (Å²) in [6.07, 6.45) is 1.24. The Morgan fingerprint density at radius 3 is 2.74 bits per heavy atom. The number of ether oxygens (including phenoxy) is 1. The highest BCUT2D eigenvalue weighted by atomic mass is 35.5. The third kappa shape index (κ3) is 6.15. The average molecular weight is 410 g/mol. The molecular weight excluding hydrogens is 394 g/mol. The Morgan fingerprint density at radius 2 is 2.11 bits per heavy atom. The van der Waals surface area contributed by atoms with Gasteiger partial charge in [0.05, 0.1) is 23.5 Å². The fourth-order valence-electron chi connectivity index (χ4n) is 1.98. The first-order valence-electron chi connectivity index (χ1n) is 7.75. The summed E-state index contributed by atoms with van der Waals surface area (Å²) in [7, 11) is 0. The van der Waals surface area contributed by atoms with Gasteiger partial charge in [-0.15, -0.1) is 11.8 Å². The quantitative estimate of drug-likeness (QED) is 0.298. The molecule has 0 heterocycles. The lowest BCUT2D eigenvalue weighted by molar-refractivity contribution is -0.386. The van der Waals surface area contributed by atoms with Gasteiger partial charge in [0.1, 0.15) is 0 Å². The Kier molecular flexibility index (Phi) is 7.44.